The van der Waals surface area contributed by atoms with E-state index in [4.69, 9.17) is 10.5 Å². The van der Waals surface area contributed by atoms with Gasteiger partial charge in [-0.3, -0.25) is 4.79 Å². The monoisotopic (exact) mass is 350 g/mol. The number of carbonyl (C=O) groups is 1. The molecule has 0 saturated heterocycles. The molecule has 1 aromatic rings. The molecule has 108 valence electrons. The molecule has 4 nitrogen and oxygen atoms in total. The molecule has 0 radical (unpaired) electrons. The van der Waals surface area contributed by atoms with Gasteiger partial charge in [0.15, 0.2) is 0 Å². The van der Waals surface area contributed by atoms with Crippen molar-refractivity contribution in [2.24, 2.45) is 5.73 Å². The molecule has 19 heavy (non-hydrogen) atoms. The number of rotatable bonds is 6. The lowest BCUT2D eigenvalue weighted by Crippen LogP contribution is -2.47. The Morgan fingerprint density at radius 2 is 2.00 bits per heavy atom. The molecule has 0 aliphatic carbocycles. The van der Waals surface area contributed by atoms with Crippen LogP contribution >= 0.6 is 28.3 Å². The van der Waals surface area contributed by atoms with Crippen molar-refractivity contribution in [1.29, 1.82) is 0 Å². The molecule has 0 aromatic heterocycles. The third-order valence-electron chi connectivity index (χ3n) is 2.53. The van der Waals surface area contributed by atoms with Gasteiger partial charge >= 0.3 is 0 Å². The molecule has 0 heterocycles. The van der Waals surface area contributed by atoms with Crippen LogP contribution in [0.1, 0.15) is 12.5 Å². The standard InChI is InChI=1S/C13H19BrN2O2.ClH/c1-9(16-13(17)12(15)8-18-2)7-10-3-5-11(14)6-4-10;/h3-6,9,12H,7-8,15H2,1-2H3,(H,16,17);1H. The minimum atomic E-state index is -0.609. The Hall–Kier alpha value is -0.620. The number of benzene rings is 1. The zero-order valence-electron chi connectivity index (χ0n) is 11.1. The van der Waals surface area contributed by atoms with Gasteiger partial charge in [0.2, 0.25) is 5.91 Å². The highest BCUT2D eigenvalue weighted by Crippen LogP contribution is 2.11. The van der Waals surface area contributed by atoms with E-state index in [1.54, 1.807) is 0 Å². The molecule has 2 atom stereocenters. The van der Waals surface area contributed by atoms with Crippen LogP contribution in [-0.4, -0.2) is 31.7 Å². The number of hydrogen-bond donors (Lipinski definition) is 2. The number of halogens is 2. The number of ether oxygens (including phenoxy) is 1. The fourth-order valence-corrected chi connectivity index (χ4v) is 1.89. The maximum Gasteiger partial charge on any atom is 0.239 e. The second-order valence-corrected chi connectivity index (χ2v) is 5.22. The van der Waals surface area contributed by atoms with E-state index < -0.39 is 6.04 Å². The first-order chi connectivity index (χ1) is 8.52. The van der Waals surface area contributed by atoms with Crippen LogP contribution in [-0.2, 0) is 16.0 Å². The van der Waals surface area contributed by atoms with Crippen molar-refractivity contribution < 1.29 is 9.53 Å². The zero-order chi connectivity index (χ0) is 13.5. The molecule has 0 aliphatic rings. The van der Waals surface area contributed by atoms with Gasteiger partial charge < -0.3 is 15.8 Å². The highest BCUT2D eigenvalue weighted by Gasteiger charge is 2.15. The molecule has 1 amide bonds. The lowest BCUT2D eigenvalue weighted by Gasteiger charge is -2.17. The first-order valence-corrected chi connectivity index (χ1v) is 6.61. The predicted molar refractivity (Wildman–Crippen MR) is 82.6 cm³/mol. The molecule has 1 aromatic carbocycles. The summed E-state index contributed by atoms with van der Waals surface area (Å²) in [6.07, 6.45) is 0.777. The topological polar surface area (TPSA) is 64.3 Å². The molecular weight excluding hydrogens is 332 g/mol. The van der Waals surface area contributed by atoms with Gasteiger partial charge in [0.05, 0.1) is 6.61 Å². The van der Waals surface area contributed by atoms with Crippen LogP contribution in [0.2, 0.25) is 0 Å². The molecule has 0 aliphatic heterocycles. The number of hydrogen-bond acceptors (Lipinski definition) is 3. The number of amides is 1. The third kappa shape index (κ3) is 6.92. The second-order valence-electron chi connectivity index (χ2n) is 4.30. The Morgan fingerprint density at radius 3 is 2.53 bits per heavy atom. The van der Waals surface area contributed by atoms with Crippen molar-refractivity contribution in [3.05, 3.63) is 34.3 Å². The Bertz CT molecular complexity index is 387. The smallest absolute Gasteiger partial charge is 0.239 e. The van der Waals surface area contributed by atoms with Crippen LogP contribution in [0.15, 0.2) is 28.7 Å². The van der Waals surface area contributed by atoms with Crippen molar-refractivity contribution >= 4 is 34.2 Å². The zero-order valence-corrected chi connectivity index (χ0v) is 13.5. The van der Waals surface area contributed by atoms with E-state index >= 15 is 0 Å². The van der Waals surface area contributed by atoms with Gasteiger partial charge in [0.25, 0.3) is 0 Å². The maximum atomic E-state index is 11.7. The van der Waals surface area contributed by atoms with Gasteiger partial charge in [0, 0.05) is 17.6 Å². The largest absolute Gasteiger partial charge is 0.383 e. The van der Waals surface area contributed by atoms with E-state index in [1.807, 2.05) is 31.2 Å². The van der Waals surface area contributed by atoms with Crippen molar-refractivity contribution in [2.75, 3.05) is 13.7 Å². The van der Waals surface area contributed by atoms with Gasteiger partial charge in [-0.05, 0) is 31.0 Å². The Balaban J connectivity index is 0.00000324. The molecular formula is C13H20BrClN2O2. The van der Waals surface area contributed by atoms with Gasteiger partial charge in [-0.15, -0.1) is 12.4 Å². The SMILES string of the molecule is COCC(N)C(=O)NC(C)Cc1ccc(Br)cc1.Cl. The molecule has 6 heteroatoms. The Kier molecular flexibility index (Phi) is 9.01. The lowest BCUT2D eigenvalue weighted by atomic mass is 10.1. The summed E-state index contributed by atoms with van der Waals surface area (Å²) >= 11 is 3.39. The van der Waals surface area contributed by atoms with Crippen LogP contribution in [0.4, 0.5) is 0 Å². The van der Waals surface area contributed by atoms with Crippen LogP contribution in [0, 0.1) is 0 Å². The first kappa shape index (κ1) is 18.4. The molecule has 2 unspecified atom stereocenters. The van der Waals surface area contributed by atoms with E-state index in [0.29, 0.717) is 0 Å². The summed E-state index contributed by atoms with van der Waals surface area (Å²) in [5.74, 6) is -0.179. The second kappa shape index (κ2) is 9.31. The minimum absolute atomic E-state index is 0. The molecule has 0 spiro atoms. The molecule has 0 bridgehead atoms. The highest BCUT2D eigenvalue weighted by molar-refractivity contribution is 9.10. The molecule has 0 saturated carbocycles. The third-order valence-corrected chi connectivity index (χ3v) is 3.06. The summed E-state index contributed by atoms with van der Waals surface area (Å²) in [5, 5.41) is 2.87. The Morgan fingerprint density at radius 1 is 1.42 bits per heavy atom. The highest BCUT2D eigenvalue weighted by atomic mass is 79.9. The minimum Gasteiger partial charge on any atom is -0.383 e. The van der Waals surface area contributed by atoms with Crippen LogP contribution in [0.3, 0.4) is 0 Å². The van der Waals surface area contributed by atoms with Gasteiger partial charge in [-0.1, -0.05) is 28.1 Å². The maximum absolute atomic E-state index is 11.7. The van der Waals surface area contributed by atoms with E-state index in [1.165, 1.54) is 12.7 Å². The van der Waals surface area contributed by atoms with E-state index in [0.717, 1.165) is 10.9 Å². The summed E-state index contributed by atoms with van der Waals surface area (Å²) in [5.41, 5.74) is 6.82. The quantitative estimate of drug-likeness (QED) is 0.822. The molecule has 1 rings (SSSR count). The number of methoxy groups -OCH3 is 1. The van der Waals surface area contributed by atoms with Crippen LogP contribution in [0.25, 0.3) is 0 Å². The summed E-state index contributed by atoms with van der Waals surface area (Å²) in [7, 11) is 1.53. The van der Waals surface area contributed by atoms with Crippen molar-refractivity contribution in [1.82, 2.24) is 5.32 Å². The number of carbonyl (C=O) groups excluding carboxylic acids is 1. The van der Waals surface area contributed by atoms with Gasteiger partial charge in [-0.2, -0.15) is 0 Å². The van der Waals surface area contributed by atoms with E-state index in [9.17, 15) is 4.79 Å². The van der Waals surface area contributed by atoms with Crippen LogP contribution in [0.5, 0.6) is 0 Å². The molecule has 3 N–H and O–H groups in total. The fourth-order valence-electron chi connectivity index (χ4n) is 1.63. The molecule has 0 fully saturated rings. The first-order valence-electron chi connectivity index (χ1n) is 5.82. The summed E-state index contributed by atoms with van der Waals surface area (Å²) in [6, 6.07) is 7.47. The van der Waals surface area contributed by atoms with E-state index in [2.05, 4.69) is 21.2 Å². The average Bonchev–Trinajstić information content (AvgIpc) is 2.32. The van der Waals surface area contributed by atoms with Gasteiger partial charge in [-0.25, -0.2) is 0 Å². The van der Waals surface area contributed by atoms with Crippen molar-refractivity contribution in [3.63, 3.8) is 0 Å². The number of nitrogens with two attached hydrogens (primary N) is 1. The summed E-state index contributed by atoms with van der Waals surface area (Å²) in [6.45, 7) is 2.19. The fraction of sp³-hybridized carbons (Fsp3) is 0.462. The summed E-state index contributed by atoms with van der Waals surface area (Å²) in [4.78, 5) is 11.7. The van der Waals surface area contributed by atoms with E-state index in [-0.39, 0.29) is 31.0 Å². The normalized spacial score (nSPS) is 13.3. The lowest BCUT2D eigenvalue weighted by molar-refractivity contribution is -0.124. The van der Waals surface area contributed by atoms with Crippen molar-refractivity contribution in [2.45, 2.75) is 25.4 Å². The summed E-state index contributed by atoms with van der Waals surface area (Å²) < 4.78 is 5.89. The van der Waals surface area contributed by atoms with Crippen LogP contribution < -0.4 is 11.1 Å². The average molecular weight is 352 g/mol. The predicted octanol–water partition coefficient (Wildman–Crippen LogP) is 1.89. The Labute approximate surface area is 128 Å². The van der Waals surface area contributed by atoms with Gasteiger partial charge in [0.1, 0.15) is 6.04 Å². The number of nitrogens with one attached hydrogen (secondary N) is 1. The van der Waals surface area contributed by atoms with Crippen molar-refractivity contribution in [3.8, 4) is 0 Å².